The predicted molar refractivity (Wildman–Crippen MR) is 623 cm³/mol. The quantitative estimate of drug-likeness (QED) is 0.125. The third-order valence-corrected chi connectivity index (χ3v) is 43.0. The van der Waals surface area contributed by atoms with Crippen LogP contribution < -0.4 is 31.1 Å². The van der Waals surface area contributed by atoms with Crippen molar-refractivity contribution in [2.24, 2.45) is 0 Å². The highest BCUT2D eigenvalue weighted by Gasteiger charge is 2.46. The largest absolute Gasteiger partial charge is 0.456 e. The first kappa shape index (κ1) is 86.0. The molecule has 0 radical (unpaired) electrons. The van der Waals surface area contributed by atoms with Crippen LogP contribution in [0.15, 0.2) is 453 Å². The molecule has 0 atom stereocenters. The average Bonchev–Trinajstić information content (AvgIpc) is 1.56. The lowest BCUT2D eigenvalue weighted by molar-refractivity contribution is 0.669. The van der Waals surface area contributed by atoms with E-state index >= 15 is 0 Å². The normalized spacial score (nSPS) is 13.4. The molecule has 11 nitrogen and oxygen atoms in total. The Hall–Kier alpha value is -17.7. The van der Waals surface area contributed by atoms with Crippen LogP contribution in [0.1, 0.15) is 0 Å². The van der Waals surface area contributed by atoms with E-state index < -0.39 is 24.2 Å². The molecule has 31 rings (SSSR count). The van der Waals surface area contributed by atoms with Crippen molar-refractivity contribution < 1.29 is 4.42 Å². The van der Waals surface area contributed by atoms with Crippen LogP contribution in [0.5, 0.6) is 0 Å². The smallest absolute Gasteiger partial charge is 0.162 e. The summed E-state index contributed by atoms with van der Waals surface area (Å²) in [5.74, 6) is 2.24. The van der Waals surface area contributed by atoms with E-state index in [1.807, 2.05) is 23.5 Å². The van der Waals surface area contributed by atoms with Crippen LogP contribution in [-0.2, 0) is 0 Å². The maximum Gasteiger partial charge on any atom is 0.162 e. The van der Waals surface area contributed by atoms with Gasteiger partial charge in [-0.25, -0.2) is 29.9 Å². The van der Waals surface area contributed by atoms with E-state index in [1.54, 1.807) is 0 Å². The van der Waals surface area contributed by atoms with Crippen LogP contribution >= 0.6 is 11.3 Å². The first-order valence-electron chi connectivity index (χ1n) is 50.5. The highest BCUT2D eigenvalue weighted by atomic mass is 32.1. The minimum Gasteiger partial charge on any atom is -0.456 e. The van der Waals surface area contributed by atoms with Crippen molar-refractivity contribution in [2.75, 3.05) is 0 Å². The molecule has 15 heteroatoms. The van der Waals surface area contributed by atoms with Gasteiger partial charge in [0, 0.05) is 113 Å². The number of thiophene rings is 1. The molecule has 0 saturated heterocycles. The number of para-hydroxylation sites is 9. The fourth-order valence-electron chi connectivity index (χ4n) is 24.9. The van der Waals surface area contributed by atoms with Gasteiger partial charge < -0.3 is 22.7 Å². The molecular formula is C132H92N10OSSi3. The lowest BCUT2D eigenvalue weighted by Crippen LogP contribution is -2.50. The van der Waals surface area contributed by atoms with Gasteiger partial charge in [0.15, 0.2) is 17.5 Å². The molecule has 9 aromatic heterocycles. The number of rotatable bonds is 10. The van der Waals surface area contributed by atoms with Crippen molar-refractivity contribution in [3.8, 4) is 124 Å². The van der Waals surface area contributed by atoms with Gasteiger partial charge in [0.05, 0.1) is 95.4 Å². The summed E-state index contributed by atoms with van der Waals surface area (Å²) >= 11 is 1.87. The van der Waals surface area contributed by atoms with Gasteiger partial charge in [0.25, 0.3) is 0 Å². The Kier molecular flexibility index (Phi) is 19.4. The van der Waals surface area contributed by atoms with Gasteiger partial charge in [-0.1, -0.05) is 367 Å². The number of nitrogens with zero attached hydrogens (tertiary/aromatic N) is 10. The maximum atomic E-state index is 6.33. The fourth-order valence-corrected chi connectivity index (χ4v) is 35.7. The molecule has 3 aliphatic rings. The number of furan rings is 1. The third kappa shape index (κ3) is 13.0. The zero-order chi connectivity index (χ0) is 97.8. The monoisotopic (exact) mass is 1950 g/mol. The van der Waals surface area contributed by atoms with E-state index in [4.69, 9.17) is 34.3 Å². The second-order valence-corrected chi connectivity index (χ2v) is 54.4. The van der Waals surface area contributed by atoms with E-state index in [-0.39, 0.29) is 0 Å². The highest BCUT2D eigenvalue weighted by molar-refractivity contribution is 7.26. The third-order valence-electron chi connectivity index (χ3n) is 31.3. The fraction of sp³-hybridized carbons (Fsp3) is 0.0455. The summed E-state index contributed by atoms with van der Waals surface area (Å²) in [4.78, 5) is 32.9. The summed E-state index contributed by atoms with van der Waals surface area (Å²) in [6, 6.07) is 161. The summed E-state index contributed by atoms with van der Waals surface area (Å²) < 4.78 is 18.6. The Morgan fingerprint density at radius 2 is 0.483 bits per heavy atom. The van der Waals surface area contributed by atoms with E-state index in [1.165, 1.54) is 133 Å². The molecule has 0 unspecified atom stereocenters. The van der Waals surface area contributed by atoms with E-state index in [9.17, 15) is 0 Å². The number of hydrogen-bond acceptors (Lipinski definition) is 8. The number of benzene rings is 19. The summed E-state index contributed by atoms with van der Waals surface area (Å²) in [6.45, 7) is 14.6. The molecule has 0 saturated carbocycles. The Morgan fingerprint density at radius 1 is 0.197 bits per heavy atom. The molecule has 19 aromatic carbocycles. The topological polar surface area (TPSA) is 110 Å². The standard InChI is InChI=1S/C48H34N4Si.C42H29N3OSi.C42H29N3SSi/c1-53(2)42-28-16-12-24-36(42)46-47(53)45(31-17-5-3-6-18-31)49-48(50-46)35-23-11-15-27-39(35)52-38-26-14-10-22-34(38)44-41(52)30-29-40-43(44)33-21-9-13-25-37(33)51(40)32-19-7-4-8-20-32;2*1-47(2)36-23-13-9-19-30(36)40-41(47)39(26-14-4-3-5-15-26)43-42(44-40)28-17-7-11-21-32(28)45-31-20-10-6-16-27(31)37-33(45)24-25-35-38(37)29-18-8-12-22-34(29)46-35/h3-30H,1-2H3;2*3-25H,1-2H3. The van der Waals surface area contributed by atoms with Crippen molar-refractivity contribution in [1.82, 2.24) is 48.2 Å². The molecule has 0 spiro atoms. The van der Waals surface area contributed by atoms with Gasteiger partial charge in [-0.15, -0.1) is 11.3 Å². The maximum absolute atomic E-state index is 6.33. The van der Waals surface area contributed by atoms with Crippen LogP contribution in [0, 0.1) is 0 Å². The second kappa shape index (κ2) is 33.2. The van der Waals surface area contributed by atoms with Crippen molar-refractivity contribution in [3.05, 3.63) is 449 Å². The molecule has 147 heavy (non-hydrogen) atoms. The van der Waals surface area contributed by atoms with Gasteiger partial charge >= 0.3 is 0 Å². The van der Waals surface area contributed by atoms with Gasteiger partial charge in [0.1, 0.15) is 35.4 Å². The summed E-state index contributed by atoms with van der Waals surface area (Å²) in [6.07, 6.45) is 0. The molecule has 694 valence electrons. The lowest BCUT2D eigenvalue weighted by atomic mass is 10.1. The average molecular weight is 1950 g/mol. The summed E-state index contributed by atoms with van der Waals surface area (Å²) in [5, 5.41) is 23.1. The van der Waals surface area contributed by atoms with Crippen LogP contribution in [0.25, 0.3) is 254 Å². The van der Waals surface area contributed by atoms with Crippen LogP contribution in [-0.4, -0.2) is 72.4 Å². The van der Waals surface area contributed by atoms with E-state index in [0.29, 0.717) is 0 Å². The summed E-state index contributed by atoms with van der Waals surface area (Å²) in [7, 11) is -6.17. The van der Waals surface area contributed by atoms with Gasteiger partial charge in [-0.05, 0) is 169 Å². The Balaban J connectivity index is 0.000000104. The molecule has 0 aliphatic carbocycles. The van der Waals surface area contributed by atoms with Crippen LogP contribution in [0.4, 0.5) is 0 Å². The minimum atomic E-state index is -2.08. The van der Waals surface area contributed by atoms with E-state index in [2.05, 4.69) is 494 Å². The predicted octanol–water partition coefficient (Wildman–Crippen LogP) is 30.5. The van der Waals surface area contributed by atoms with Crippen LogP contribution in [0.2, 0.25) is 39.3 Å². The zero-order valence-corrected chi connectivity index (χ0v) is 85.3. The Labute approximate surface area is 854 Å². The van der Waals surface area contributed by atoms with Gasteiger partial charge in [0.2, 0.25) is 0 Å². The molecule has 0 bridgehead atoms. The molecule has 0 amide bonds. The molecule has 0 fully saturated rings. The zero-order valence-electron chi connectivity index (χ0n) is 81.5. The molecule has 3 aliphatic heterocycles. The van der Waals surface area contributed by atoms with Crippen molar-refractivity contribution >= 4 is 196 Å². The van der Waals surface area contributed by atoms with Crippen molar-refractivity contribution in [3.63, 3.8) is 0 Å². The number of aromatic nitrogens is 10. The van der Waals surface area contributed by atoms with E-state index in [0.717, 1.165) is 152 Å². The Morgan fingerprint density at radius 3 is 0.891 bits per heavy atom. The number of hydrogen-bond donors (Lipinski definition) is 0. The SMILES string of the molecule is C[Si]1(C)c2ccccc2-c2nc(-c3ccccc3-n3c4ccccc4c4c5c(ccc43)oc3ccccc35)nc(-c3ccccc3)c21.C[Si]1(C)c2ccccc2-c2nc(-c3ccccc3-n3c4ccccc4c4c5c(ccc43)sc3ccccc35)nc(-c3ccccc3)c21.C[Si]1(C)c2ccccc2-c2nc(-c3ccccc3-n3c4ccccc4c4c5c6ccccc6n(-c6ccccc6)c5ccc43)nc(-c3ccccc3)c21. The molecular weight excluding hydrogens is 1860 g/mol. The second-order valence-electron chi connectivity index (χ2n) is 40.5. The Bertz CT molecular complexity index is 10000. The molecule has 12 heterocycles. The molecule has 0 N–H and O–H groups in total. The first-order valence-corrected chi connectivity index (χ1v) is 60.3. The number of fused-ring (bicyclic) bond motifs is 30. The lowest BCUT2D eigenvalue weighted by Gasteiger charge is -2.22. The van der Waals surface area contributed by atoms with Gasteiger partial charge in [-0.3, -0.25) is 0 Å². The van der Waals surface area contributed by atoms with Crippen LogP contribution in [0.3, 0.4) is 0 Å². The summed E-state index contributed by atoms with van der Waals surface area (Å²) in [5.41, 5.74) is 32.0. The highest BCUT2D eigenvalue weighted by Crippen LogP contribution is 2.50. The van der Waals surface area contributed by atoms with Crippen molar-refractivity contribution in [2.45, 2.75) is 39.3 Å². The first-order chi connectivity index (χ1) is 72.3. The van der Waals surface area contributed by atoms with Crippen molar-refractivity contribution in [1.29, 1.82) is 0 Å². The molecule has 28 aromatic rings. The van der Waals surface area contributed by atoms with Gasteiger partial charge in [-0.2, -0.15) is 0 Å². The minimum absolute atomic E-state index is 0.737.